The first-order chi connectivity index (χ1) is 9.20. The fraction of sp³-hybridized carbons (Fsp3) is 0.333. The molecule has 0 amide bonds. The average molecular weight is 312 g/mol. The van der Waals surface area contributed by atoms with Gasteiger partial charge in [0.1, 0.15) is 0 Å². The van der Waals surface area contributed by atoms with E-state index in [9.17, 15) is 0 Å². The highest BCUT2D eigenvalue weighted by molar-refractivity contribution is 7.99. The smallest absolute Gasteiger partial charge is 0.0541 e. The van der Waals surface area contributed by atoms with Gasteiger partial charge in [0.25, 0.3) is 0 Å². The highest BCUT2D eigenvalue weighted by atomic mass is 35.5. The lowest BCUT2D eigenvalue weighted by Gasteiger charge is -2.16. The van der Waals surface area contributed by atoms with Crippen LogP contribution in [0.15, 0.2) is 40.6 Å². The van der Waals surface area contributed by atoms with Crippen LogP contribution in [0.3, 0.4) is 0 Å². The van der Waals surface area contributed by atoms with Gasteiger partial charge in [0.05, 0.1) is 5.02 Å². The molecule has 0 aliphatic carbocycles. The summed E-state index contributed by atoms with van der Waals surface area (Å²) in [7, 11) is 0. The molecule has 0 fully saturated rings. The van der Waals surface area contributed by atoms with Gasteiger partial charge in [-0.15, -0.1) is 23.1 Å². The van der Waals surface area contributed by atoms with E-state index in [1.807, 2.05) is 41.3 Å². The Kier molecular flexibility index (Phi) is 5.76. The van der Waals surface area contributed by atoms with Gasteiger partial charge in [-0.2, -0.15) is 0 Å². The Morgan fingerprint density at radius 1 is 1.37 bits per heavy atom. The van der Waals surface area contributed by atoms with Crippen molar-refractivity contribution in [3.8, 4) is 0 Å². The molecule has 2 aromatic rings. The maximum atomic E-state index is 6.20. The summed E-state index contributed by atoms with van der Waals surface area (Å²) in [5, 5.41) is 6.63. The van der Waals surface area contributed by atoms with Crippen molar-refractivity contribution in [1.82, 2.24) is 5.32 Å². The fourth-order valence-electron chi connectivity index (χ4n) is 1.90. The zero-order valence-electron chi connectivity index (χ0n) is 11.2. The molecule has 2 rings (SSSR count). The normalized spacial score (nSPS) is 12.6. The second-order valence-electron chi connectivity index (χ2n) is 4.34. The van der Waals surface area contributed by atoms with E-state index in [1.165, 1.54) is 10.4 Å². The molecule has 19 heavy (non-hydrogen) atoms. The third kappa shape index (κ3) is 4.25. The van der Waals surface area contributed by atoms with Crippen LogP contribution in [-0.4, -0.2) is 12.3 Å². The highest BCUT2D eigenvalue weighted by Gasteiger charge is 2.13. The first-order valence-electron chi connectivity index (χ1n) is 6.36. The van der Waals surface area contributed by atoms with Crippen molar-refractivity contribution in [1.29, 1.82) is 0 Å². The van der Waals surface area contributed by atoms with E-state index in [0.29, 0.717) is 6.04 Å². The van der Waals surface area contributed by atoms with Gasteiger partial charge in [0, 0.05) is 21.6 Å². The van der Waals surface area contributed by atoms with Gasteiger partial charge < -0.3 is 5.32 Å². The van der Waals surface area contributed by atoms with Gasteiger partial charge in [-0.1, -0.05) is 30.7 Å². The summed E-state index contributed by atoms with van der Waals surface area (Å²) in [5.41, 5.74) is 1.38. The van der Waals surface area contributed by atoms with Crippen LogP contribution in [0.5, 0.6) is 0 Å². The van der Waals surface area contributed by atoms with Gasteiger partial charge in [-0.25, -0.2) is 0 Å². The summed E-state index contributed by atoms with van der Waals surface area (Å²) >= 11 is 9.81. The van der Waals surface area contributed by atoms with Crippen LogP contribution in [0, 0.1) is 6.92 Å². The number of thiophene rings is 1. The minimum absolute atomic E-state index is 0.385. The van der Waals surface area contributed by atoms with Crippen molar-refractivity contribution in [2.45, 2.75) is 24.8 Å². The zero-order valence-corrected chi connectivity index (χ0v) is 13.5. The summed E-state index contributed by atoms with van der Waals surface area (Å²) in [6.45, 7) is 5.27. The van der Waals surface area contributed by atoms with Crippen molar-refractivity contribution in [2.24, 2.45) is 0 Å². The number of nitrogens with one attached hydrogen (secondary N) is 1. The summed E-state index contributed by atoms with van der Waals surface area (Å²) in [6, 6.07) is 10.7. The Hall–Kier alpha value is -0.480. The molecule has 1 heterocycles. The van der Waals surface area contributed by atoms with E-state index in [0.717, 1.165) is 22.2 Å². The van der Waals surface area contributed by atoms with Crippen LogP contribution < -0.4 is 5.32 Å². The topological polar surface area (TPSA) is 12.0 Å². The molecular formula is C15H18ClNS2. The Morgan fingerprint density at radius 2 is 2.16 bits per heavy atom. The maximum Gasteiger partial charge on any atom is 0.0541 e. The van der Waals surface area contributed by atoms with E-state index in [-0.39, 0.29) is 0 Å². The third-order valence-electron chi connectivity index (χ3n) is 2.85. The van der Waals surface area contributed by atoms with Crippen LogP contribution in [-0.2, 0) is 0 Å². The van der Waals surface area contributed by atoms with Gasteiger partial charge >= 0.3 is 0 Å². The van der Waals surface area contributed by atoms with E-state index in [1.54, 1.807) is 0 Å². The number of halogens is 1. The molecule has 0 aliphatic heterocycles. The van der Waals surface area contributed by atoms with Crippen molar-refractivity contribution in [3.05, 3.63) is 51.2 Å². The standard InChI is InChI=1S/C15H18ClNS2/c1-3-17-14(12-8-11(2)18-9-12)10-19-15-7-5-4-6-13(15)16/h4-9,14,17H,3,10H2,1-2H3. The number of thioether (sulfide) groups is 1. The van der Waals surface area contributed by atoms with Crippen molar-refractivity contribution in [3.63, 3.8) is 0 Å². The molecule has 1 nitrogen and oxygen atoms in total. The molecule has 1 N–H and O–H groups in total. The van der Waals surface area contributed by atoms with Crippen LogP contribution in [0.2, 0.25) is 5.02 Å². The van der Waals surface area contributed by atoms with Crippen molar-refractivity contribution < 1.29 is 0 Å². The zero-order chi connectivity index (χ0) is 13.7. The Balaban J connectivity index is 2.03. The Labute approximate surface area is 128 Å². The lowest BCUT2D eigenvalue weighted by atomic mass is 10.2. The largest absolute Gasteiger partial charge is 0.309 e. The van der Waals surface area contributed by atoms with Gasteiger partial charge in [0.15, 0.2) is 0 Å². The summed E-state index contributed by atoms with van der Waals surface area (Å²) < 4.78 is 0. The second kappa shape index (κ2) is 7.34. The second-order valence-corrected chi connectivity index (χ2v) is 6.93. The molecule has 0 saturated heterocycles. The molecule has 0 spiro atoms. The first-order valence-corrected chi connectivity index (χ1v) is 8.60. The lowest BCUT2D eigenvalue weighted by molar-refractivity contribution is 0.607. The maximum absolute atomic E-state index is 6.20. The number of benzene rings is 1. The van der Waals surface area contributed by atoms with Gasteiger partial charge in [0.2, 0.25) is 0 Å². The van der Waals surface area contributed by atoms with Crippen molar-refractivity contribution >= 4 is 34.7 Å². The van der Waals surface area contributed by atoms with E-state index < -0.39 is 0 Å². The minimum atomic E-state index is 0.385. The highest BCUT2D eigenvalue weighted by Crippen LogP contribution is 2.31. The summed E-state index contributed by atoms with van der Waals surface area (Å²) in [4.78, 5) is 2.51. The molecular weight excluding hydrogens is 294 g/mol. The molecule has 0 radical (unpaired) electrons. The molecule has 102 valence electrons. The minimum Gasteiger partial charge on any atom is -0.309 e. The summed E-state index contributed by atoms with van der Waals surface area (Å²) in [6.07, 6.45) is 0. The molecule has 1 aromatic carbocycles. The molecule has 0 bridgehead atoms. The number of hydrogen-bond donors (Lipinski definition) is 1. The van der Waals surface area contributed by atoms with Crippen LogP contribution >= 0.6 is 34.7 Å². The summed E-state index contributed by atoms with van der Waals surface area (Å²) in [5.74, 6) is 0.994. The fourth-order valence-corrected chi connectivity index (χ4v) is 4.00. The predicted octanol–water partition coefficient (Wildman–Crippen LogP) is 5.15. The lowest BCUT2D eigenvalue weighted by Crippen LogP contribution is -2.22. The van der Waals surface area contributed by atoms with E-state index >= 15 is 0 Å². The van der Waals surface area contributed by atoms with Gasteiger partial charge in [-0.3, -0.25) is 0 Å². The molecule has 4 heteroatoms. The average Bonchev–Trinajstić information content (AvgIpc) is 2.83. The van der Waals surface area contributed by atoms with Crippen LogP contribution in [0.1, 0.15) is 23.4 Å². The molecule has 1 atom stereocenters. The number of rotatable bonds is 6. The number of hydrogen-bond acceptors (Lipinski definition) is 3. The van der Waals surface area contributed by atoms with E-state index in [2.05, 4.69) is 36.7 Å². The monoisotopic (exact) mass is 311 g/mol. The third-order valence-corrected chi connectivity index (χ3v) is 5.33. The van der Waals surface area contributed by atoms with Crippen LogP contribution in [0.4, 0.5) is 0 Å². The van der Waals surface area contributed by atoms with Crippen molar-refractivity contribution in [2.75, 3.05) is 12.3 Å². The van der Waals surface area contributed by atoms with E-state index in [4.69, 9.17) is 11.6 Å². The van der Waals surface area contributed by atoms with Gasteiger partial charge in [-0.05, 0) is 42.6 Å². The quantitative estimate of drug-likeness (QED) is 0.740. The first kappa shape index (κ1) is 14.9. The molecule has 1 aromatic heterocycles. The predicted molar refractivity (Wildman–Crippen MR) is 87.6 cm³/mol. The SMILES string of the molecule is CCNC(CSc1ccccc1Cl)c1csc(C)c1. The number of aryl methyl sites for hydroxylation is 1. The molecule has 0 saturated carbocycles. The Bertz CT molecular complexity index is 524. The Morgan fingerprint density at radius 3 is 2.79 bits per heavy atom. The molecule has 0 aliphatic rings. The van der Waals surface area contributed by atoms with Crippen LogP contribution in [0.25, 0.3) is 0 Å². The molecule has 1 unspecified atom stereocenters.